The molecule has 1 aliphatic heterocycles. The van der Waals surface area contributed by atoms with Gasteiger partial charge in [-0.15, -0.1) is 13.2 Å². The number of aromatic nitrogens is 2. The Balaban J connectivity index is 1.85. The molecule has 2 heterocycles. The summed E-state index contributed by atoms with van der Waals surface area (Å²) in [6.07, 6.45) is -3.18. The molecule has 27 heavy (non-hydrogen) atoms. The van der Waals surface area contributed by atoms with E-state index in [4.69, 9.17) is 0 Å². The summed E-state index contributed by atoms with van der Waals surface area (Å²) >= 11 is 0. The zero-order chi connectivity index (χ0) is 19.6. The molecular formula is C19H23F3N4O. The lowest BCUT2D eigenvalue weighted by Crippen LogP contribution is -2.31. The van der Waals surface area contributed by atoms with Gasteiger partial charge < -0.3 is 15.0 Å². The summed E-state index contributed by atoms with van der Waals surface area (Å²) in [5.74, 6) is 1.15. The number of aryl methyl sites for hydroxylation is 1. The second-order valence-corrected chi connectivity index (χ2v) is 6.84. The summed E-state index contributed by atoms with van der Waals surface area (Å²) < 4.78 is 41.5. The summed E-state index contributed by atoms with van der Waals surface area (Å²) in [5, 5.41) is 3.22. The van der Waals surface area contributed by atoms with Crippen molar-refractivity contribution in [2.45, 2.75) is 52.6 Å². The van der Waals surface area contributed by atoms with Gasteiger partial charge in [0.2, 0.25) is 5.95 Å². The maximum Gasteiger partial charge on any atom is 0.573 e. The van der Waals surface area contributed by atoms with Crippen LogP contribution in [-0.2, 0) is 19.4 Å². The van der Waals surface area contributed by atoms with Gasteiger partial charge in [-0.3, -0.25) is 0 Å². The predicted octanol–water partition coefficient (Wildman–Crippen LogP) is 4.32. The number of hydrogen-bond acceptors (Lipinski definition) is 5. The molecule has 8 heteroatoms. The molecule has 3 rings (SSSR count). The van der Waals surface area contributed by atoms with Gasteiger partial charge in [0.05, 0.1) is 0 Å². The lowest BCUT2D eigenvalue weighted by Gasteiger charge is -2.30. The summed E-state index contributed by atoms with van der Waals surface area (Å²) in [6.45, 7) is 7.28. The zero-order valence-corrected chi connectivity index (χ0v) is 15.6. The van der Waals surface area contributed by atoms with Crippen LogP contribution in [0.15, 0.2) is 24.3 Å². The van der Waals surface area contributed by atoms with Gasteiger partial charge in [0.1, 0.15) is 11.6 Å². The van der Waals surface area contributed by atoms with Gasteiger partial charge in [0.15, 0.2) is 0 Å². The van der Waals surface area contributed by atoms with Crippen LogP contribution >= 0.6 is 0 Å². The monoisotopic (exact) mass is 380 g/mol. The van der Waals surface area contributed by atoms with Gasteiger partial charge in [-0.25, -0.2) is 4.98 Å². The van der Waals surface area contributed by atoms with Crippen LogP contribution in [-0.4, -0.2) is 28.9 Å². The van der Waals surface area contributed by atoms with E-state index in [0.29, 0.717) is 12.5 Å². The van der Waals surface area contributed by atoms with Crippen molar-refractivity contribution in [2.75, 3.05) is 16.8 Å². The van der Waals surface area contributed by atoms with E-state index in [-0.39, 0.29) is 11.8 Å². The molecule has 0 atom stereocenters. The minimum atomic E-state index is -4.69. The SMILES string of the molecule is CCc1cc(N2CCc3ccc(OC(F)(F)F)cc3C2)nc(NC(C)C)n1. The minimum absolute atomic E-state index is 0.192. The maximum absolute atomic E-state index is 12.5. The van der Waals surface area contributed by atoms with Gasteiger partial charge >= 0.3 is 6.36 Å². The van der Waals surface area contributed by atoms with Crippen LogP contribution < -0.4 is 15.0 Å². The number of anilines is 2. The third kappa shape index (κ3) is 5.02. The van der Waals surface area contributed by atoms with E-state index in [0.717, 1.165) is 42.0 Å². The van der Waals surface area contributed by atoms with Gasteiger partial charge in [-0.05, 0) is 49.9 Å². The molecule has 0 unspecified atom stereocenters. The second-order valence-electron chi connectivity index (χ2n) is 6.84. The molecule has 0 aliphatic carbocycles. The largest absolute Gasteiger partial charge is 0.573 e. The highest BCUT2D eigenvalue weighted by Gasteiger charge is 2.31. The molecule has 0 bridgehead atoms. The lowest BCUT2D eigenvalue weighted by atomic mass is 9.99. The van der Waals surface area contributed by atoms with Crippen molar-refractivity contribution in [3.63, 3.8) is 0 Å². The summed E-state index contributed by atoms with van der Waals surface area (Å²) in [7, 11) is 0. The Morgan fingerprint density at radius 3 is 2.63 bits per heavy atom. The Morgan fingerprint density at radius 1 is 1.19 bits per heavy atom. The average Bonchev–Trinajstić information content (AvgIpc) is 2.58. The van der Waals surface area contributed by atoms with E-state index in [1.807, 2.05) is 26.8 Å². The standard InChI is InChI=1S/C19H23F3N4O/c1-4-15-10-17(25-18(24-15)23-12(2)3)26-8-7-13-5-6-16(9-14(13)11-26)27-19(20,21)22/h5-6,9-10,12H,4,7-8,11H2,1-3H3,(H,23,24,25). The topological polar surface area (TPSA) is 50.3 Å². The highest BCUT2D eigenvalue weighted by Crippen LogP contribution is 2.30. The summed E-state index contributed by atoms with van der Waals surface area (Å²) in [4.78, 5) is 11.1. The van der Waals surface area contributed by atoms with Gasteiger partial charge in [0.25, 0.3) is 0 Å². The van der Waals surface area contributed by atoms with Gasteiger partial charge in [-0.2, -0.15) is 4.98 Å². The number of hydrogen-bond donors (Lipinski definition) is 1. The molecule has 1 aliphatic rings. The molecule has 0 spiro atoms. The van der Waals surface area contributed by atoms with Crippen LogP contribution in [0.5, 0.6) is 5.75 Å². The van der Waals surface area contributed by atoms with E-state index < -0.39 is 6.36 Å². The Hall–Kier alpha value is -2.51. The van der Waals surface area contributed by atoms with E-state index in [1.165, 1.54) is 12.1 Å². The van der Waals surface area contributed by atoms with Crippen molar-refractivity contribution in [1.82, 2.24) is 9.97 Å². The molecule has 0 radical (unpaired) electrons. The number of benzene rings is 1. The molecule has 5 nitrogen and oxygen atoms in total. The quantitative estimate of drug-likeness (QED) is 0.837. The zero-order valence-electron chi connectivity index (χ0n) is 15.6. The fourth-order valence-electron chi connectivity index (χ4n) is 3.08. The lowest BCUT2D eigenvalue weighted by molar-refractivity contribution is -0.274. The van der Waals surface area contributed by atoms with Crippen LogP contribution in [0.4, 0.5) is 24.9 Å². The molecule has 0 saturated carbocycles. The molecule has 1 N–H and O–H groups in total. The van der Waals surface area contributed by atoms with Crippen molar-refractivity contribution < 1.29 is 17.9 Å². The first-order valence-corrected chi connectivity index (χ1v) is 9.00. The number of halogens is 3. The van der Waals surface area contributed by atoms with Crippen LogP contribution in [0.25, 0.3) is 0 Å². The number of nitrogens with one attached hydrogen (secondary N) is 1. The Morgan fingerprint density at radius 2 is 1.96 bits per heavy atom. The Kier molecular flexibility index (Phi) is 5.43. The fraction of sp³-hybridized carbons (Fsp3) is 0.474. The first kappa shape index (κ1) is 19.3. The van der Waals surface area contributed by atoms with Crippen molar-refractivity contribution in [3.8, 4) is 5.75 Å². The molecule has 2 aromatic rings. The molecule has 1 aromatic carbocycles. The first-order chi connectivity index (χ1) is 12.7. The molecule has 0 fully saturated rings. The van der Waals surface area contributed by atoms with E-state index in [1.54, 1.807) is 6.07 Å². The number of ether oxygens (including phenoxy) is 1. The van der Waals surface area contributed by atoms with Crippen molar-refractivity contribution in [3.05, 3.63) is 41.1 Å². The molecule has 146 valence electrons. The predicted molar refractivity (Wildman–Crippen MR) is 98.0 cm³/mol. The summed E-state index contributed by atoms with van der Waals surface area (Å²) in [5.41, 5.74) is 2.77. The highest BCUT2D eigenvalue weighted by molar-refractivity contribution is 5.49. The summed E-state index contributed by atoms with van der Waals surface area (Å²) in [6, 6.07) is 6.68. The molecule has 0 amide bonds. The van der Waals surface area contributed by atoms with E-state index in [2.05, 4.69) is 24.9 Å². The normalized spacial score (nSPS) is 14.3. The molecule has 1 aromatic heterocycles. The number of nitrogens with zero attached hydrogens (tertiary/aromatic N) is 3. The third-order valence-electron chi connectivity index (χ3n) is 4.29. The fourth-order valence-corrected chi connectivity index (χ4v) is 3.08. The average molecular weight is 380 g/mol. The number of alkyl halides is 3. The second kappa shape index (κ2) is 7.62. The number of fused-ring (bicyclic) bond motifs is 1. The van der Waals surface area contributed by atoms with Crippen molar-refractivity contribution in [2.24, 2.45) is 0 Å². The van der Waals surface area contributed by atoms with Gasteiger partial charge in [-0.1, -0.05) is 13.0 Å². The highest BCUT2D eigenvalue weighted by atomic mass is 19.4. The number of rotatable bonds is 5. The smallest absolute Gasteiger partial charge is 0.406 e. The van der Waals surface area contributed by atoms with Crippen molar-refractivity contribution >= 4 is 11.8 Å². The molecular weight excluding hydrogens is 357 g/mol. The van der Waals surface area contributed by atoms with E-state index in [9.17, 15) is 13.2 Å². The van der Waals surface area contributed by atoms with Crippen LogP contribution in [0.3, 0.4) is 0 Å². The maximum atomic E-state index is 12.5. The minimum Gasteiger partial charge on any atom is -0.406 e. The Bertz CT molecular complexity index is 808. The van der Waals surface area contributed by atoms with Gasteiger partial charge in [0, 0.05) is 30.9 Å². The third-order valence-corrected chi connectivity index (χ3v) is 4.29. The van der Waals surface area contributed by atoms with Crippen LogP contribution in [0, 0.1) is 0 Å². The Labute approximate surface area is 156 Å². The van der Waals surface area contributed by atoms with Crippen LogP contribution in [0.2, 0.25) is 0 Å². The van der Waals surface area contributed by atoms with Crippen LogP contribution in [0.1, 0.15) is 37.6 Å². The van der Waals surface area contributed by atoms with Crippen molar-refractivity contribution in [1.29, 1.82) is 0 Å². The van der Waals surface area contributed by atoms with E-state index >= 15 is 0 Å². The first-order valence-electron chi connectivity index (χ1n) is 9.00. The molecule has 0 saturated heterocycles.